The predicted molar refractivity (Wildman–Crippen MR) is 209 cm³/mol. The molecular formula is C43H53N3O8S. The van der Waals surface area contributed by atoms with Crippen LogP contribution in [0.1, 0.15) is 92.4 Å². The minimum atomic E-state index is -3.85. The fourth-order valence-electron chi connectivity index (χ4n) is 8.67. The van der Waals surface area contributed by atoms with Gasteiger partial charge in [-0.1, -0.05) is 62.4 Å². The van der Waals surface area contributed by atoms with E-state index in [4.69, 9.17) is 14.5 Å². The molecule has 1 aromatic heterocycles. The fourth-order valence-corrected chi connectivity index (χ4v) is 10.1. The second kappa shape index (κ2) is 15.0. The summed E-state index contributed by atoms with van der Waals surface area (Å²) in [7, 11) is -3.85. The van der Waals surface area contributed by atoms with Crippen molar-refractivity contribution >= 4 is 55.3 Å². The van der Waals surface area contributed by atoms with Crippen LogP contribution in [0.4, 0.5) is 0 Å². The maximum atomic E-state index is 14.9. The van der Waals surface area contributed by atoms with E-state index in [0.717, 1.165) is 34.5 Å². The summed E-state index contributed by atoms with van der Waals surface area (Å²) >= 11 is 0. The second-order valence-corrected chi connectivity index (χ2v) is 19.4. The highest BCUT2D eigenvalue weighted by Gasteiger charge is 2.61. The van der Waals surface area contributed by atoms with Crippen molar-refractivity contribution in [3.63, 3.8) is 0 Å². The van der Waals surface area contributed by atoms with E-state index in [2.05, 4.69) is 11.6 Å². The maximum Gasteiger partial charge on any atom is 0.307 e. The molecule has 3 fully saturated rings. The molecule has 1 saturated heterocycles. The smallest absolute Gasteiger partial charge is 0.307 e. The number of amides is 2. The van der Waals surface area contributed by atoms with E-state index < -0.39 is 56.2 Å². The Kier molecular flexibility index (Phi) is 10.6. The van der Waals surface area contributed by atoms with Gasteiger partial charge in [-0.15, -0.1) is 0 Å². The molecule has 1 N–H and O–H groups in total. The van der Waals surface area contributed by atoms with Gasteiger partial charge in [0.25, 0.3) is 0 Å². The molecule has 294 valence electrons. The van der Waals surface area contributed by atoms with Crippen molar-refractivity contribution < 1.29 is 37.1 Å². The quantitative estimate of drug-likeness (QED) is 0.158. The minimum Gasteiger partial charge on any atom is -0.472 e. The van der Waals surface area contributed by atoms with Gasteiger partial charge in [0.15, 0.2) is 5.78 Å². The molecule has 0 radical (unpaired) electrons. The minimum absolute atomic E-state index is 0.0732. The highest BCUT2D eigenvalue weighted by Crippen LogP contribution is 2.57. The Morgan fingerprint density at radius 1 is 0.964 bits per heavy atom. The first kappa shape index (κ1) is 38.9. The van der Waals surface area contributed by atoms with Gasteiger partial charge in [-0.3, -0.25) is 23.9 Å². The van der Waals surface area contributed by atoms with E-state index in [1.807, 2.05) is 67.6 Å². The number of allylic oxidation sites excluding steroid dienone is 2. The number of hydrogen-bond donors (Lipinski definition) is 1. The first-order valence-corrected chi connectivity index (χ1v) is 21.3. The molecule has 3 heterocycles. The van der Waals surface area contributed by atoms with Crippen LogP contribution in [-0.2, 0) is 33.9 Å². The number of ketones is 1. The summed E-state index contributed by atoms with van der Waals surface area (Å²) in [6.07, 6.45) is 6.71. The molecule has 7 rings (SSSR count). The monoisotopic (exact) mass is 771 g/mol. The first-order valence-electron chi connectivity index (χ1n) is 19.8. The number of fused-ring (bicyclic) bond motifs is 5. The van der Waals surface area contributed by atoms with Gasteiger partial charge in [-0.2, -0.15) is 0 Å². The van der Waals surface area contributed by atoms with Gasteiger partial charge in [-0.05, 0) is 94.6 Å². The number of nitrogens with zero attached hydrogens (tertiary/aromatic N) is 2. The van der Waals surface area contributed by atoms with Gasteiger partial charge < -0.3 is 14.4 Å². The number of sulfonamides is 1. The second-order valence-electron chi connectivity index (χ2n) is 17.5. The molecular weight excluding hydrogens is 719 g/mol. The Labute approximate surface area is 323 Å². The zero-order chi connectivity index (χ0) is 39.3. The predicted octanol–water partition coefficient (Wildman–Crippen LogP) is 6.67. The highest BCUT2D eigenvalue weighted by atomic mass is 32.2. The molecule has 7 atom stereocenters. The van der Waals surface area contributed by atoms with E-state index in [9.17, 15) is 27.6 Å². The standard InChI is InChI=1S/C43H53N3O8S/c1-26-12-6-7-13-28-23-43(28,41(50)45-55(51,52)30-18-19-30)24-37(47)36-21-29(25-46(36)40(49)34(27(2)20-26)22-38(48)54-42(3,4)5)53-39-33-16-9-8-14-31(33)32-15-10-11-17-35(32)44-39/h7-11,13-17,26-30,34,36H,6,12,18-25H2,1-5H3,(H,45,50)/b13-7-/t26-,27-,28-,29-,34+,36+,43-/m1/s1. The maximum absolute atomic E-state index is 14.9. The van der Waals surface area contributed by atoms with Crippen molar-refractivity contribution in [3.8, 4) is 5.88 Å². The van der Waals surface area contributed by atoms with Crippen LogP contribution in [0.5, 0.6) is 5.88 Å². The van der Waals surface area contributed by atoms with Crippen LogP contribution < -0.4 is 9.46 Å². The van der Waals surface area contributed by atoms with Crippen molar-refractivity contribution in [1.29, 1.82) is 0 Å². The third kappa shape index (κ3) is 8.44. The van der Waals surface area contributed by atoms with E-state index in [1.54, 1.807) is 25.7 Å². The number of para-hydroxylation sites is 1. The molecule has 2 amide bonds. The van der Waals surface area contributed by atoms with Crippen molar-refractivity contribution in [3.05, 3.63) is 60.7 Å². The molecule has 2 saturated carbocycles. The number of Topliss-reactive ketones (excluding diaryl/α,β-unsaturated/α-hetero) is 1. The number of nitrogens with one attached hydrogen (secondary N) is 1. The Bertz CT molecular complexity index is 2140. The summed E-state index contributed by atoms with van der Waals surface area (Å²) in [5, 5.41) is 2.15. The van der Waals surface area contributed by atoms with Crippen molar-refractivity contribution in [2.45, 2.75) is 115 Å². The first-order chi connectivity index (χ1) is 26.0. The van der Waals surface area contributed by atoms with Crippen molar-refractivity contribution in [1.82, 2.24) is 14.6 Å². The molecule has 2 aromatic carbocycles. The lowest BCUT2D eigenvalue weighted by atomic mass is 9.82. The van der Waals surface area contributed by atoms with Crippen LogP contribution in [0.25, 0.3) is 21.7 Å². The molecule has 4 aliphatic rings. The molecule has 0 unspecified atom stereocenters. The molecule has 2 aliphatic carbocycles. The molecule has 0 spiro atoms. The van der Waals surface area contributed by atoms with Gasteiger partial charge in [0.05, 0.1) is 41.1 Å². The lowest BCUT2D eigenvalue weighted by molar-refractivity contribution is -0.160. The number of esters is 1. The van der Waals surface area contributed by atoms with Crippen molar-refractivity contribution in [2.75, 3.05) is 6.54 Å². The van der Waals surface area contributed by atoms with Gasteiger partial charge in [-0.25, -0.2) is 13.4 Å². The summed E-state index contributed by atoms with van der Waals surface area (Å²) in [6.45, 7) is 9.55. The largest absolute Gasteiger partial charge is 0.472 e. The molecule has 55 heavy (non-hydrogen) atoms. The Morgan fingerprint density at radius 3 is 2.36 bits per heavy atom. The zero-order valence-electron chi connectivity index (χ0n) is 32.5. The fraction of sp³-hybridized carbons (Fsp3) is 0.558. The summed E-state index contributed by atoms with van der Waals surface area (Å²) in [6, 6.07) is 14.6. The number of aromatic nitrogens is 1. The Balaban J connectivity index is 1.24. The van der Waals surface area contributed by atoms with E-state index in [1.165, 1.54) is 0 Å². The average molecular weight is 772 g/mol. The van der Waals surface area contributed by atoms with Crippen molar-refractivity contribution in [2.24, 2.45) is 29.1 Å². The molecule has 2 aliphatic heterocycles. The average Bonchev–Trinajstić information content (AvgIpc) is 4.05. The normalized spacial score (nSPS) is 29.8. The van der Waals surface area contributed by atoms with E-state index in [-0.39, 0.29) is 55.3 Å². The Hall–Kier alpha value is -4.32. The number of benzene rings is 2. The molecule has 3 aromatic rings. The van der Waals surface area contributed by atoms with Crippen LogP contribution in [0.3, 0.4) is 0 Å². The van der Waals surface area contributed by atoms with Crippen LogP contribution >= 0.6 is 0 Å². The highest BCUT2D eigenvalue weighted by molar-refractivity contribution is 7.90. The number of pyridine rings is 1. The number of ether oxygens (including phenoxy) is 2. The SMILES string of the molecule is C[C@@H]1CC/C=C\[C@@H]2C[C@@]2(C(=O)NS(=O)(=O)C2CC2)CC(=O)[C@@H]2C[C@@H](Oc3nc4ccccc4c4ccccc34)CN2C(=O)[C@@H](CC(=O)OC(C)(C)C)[C@H](C)C1. The summed E-state index contributed by atoms with van der Waals surface area (Å²) < 4.78 is 40.5. The third-order valence-electron chi connectivity index (χ3n) is 11.8. The van der Waals surface area contributed by atoms with Crippen LogP contribution in [0, 0.1) is 29.1 Å². The Morgan fingerprint density at radius 2 is 1.65 bits per heavy atom. The molecule has 0 bridgehead atoms. The van der Waals surface area contributed by atoms with Gasteiger partial charge in [0, 0.05) is 23.6 Å². The van der Waals surface area contributed by atoms with E-state index >= 15 is 0 Å². The van der Waals surface area contributed by atoms with E-state index in [0.29, 0.717) is 31.6 Å². The zero-order valence-corrected chi connectivity index (χ0v) is 33.3. The summed E-state index contributed by atoms with van der Waals surface area (Å²) in [5.74, 6) is -2.48. The molecule has 12 heteroatoms. The van der Waals surface area contributed by atoms with Gasteiger partial charge in [0.1, 0.15) is 11.7 Å². The number of rotatable bonds is 7. The summed E-state index contributed by atoms with van der Waals surface area (Å²) in [4.78, 5) is 63.2. The number of carbonyl (C=O) groups excluding carboxylic acids is 4. The van der Waals surface area contributed by atoms with Crippen LogP contribution in [0.15, 0.2) is 60.7 Å². The summed E-state index contributed by atoms with van der Waals surface area (Å²) in [5.41, 5.74) is -1.24. The van der Waals surface area contributed by atoms with Crippen LogP contribution in [0.2, 0.25) is 0 Å². The molecule has 11 nitrogen and oxygen atoms in total. The lowest BCUT2D eigenvalue weighted by Gasteiger charge is -2.32. The van der Waals surface area contributed by atoms with Gasteiger partial charge >= 0.3 is 5.97 Å². The number of hydrogen-bond acceptors (Lipinski definition) is 9. The lowest BCUT2D eigenvalue weighted by Crippen LogP contribution is -2.47. The third-order valence-corrected chi connectivity index (χ3v) is 13.6. The number of carbonyl (C=O) groups is 4. The topological polar surface area (TPSA) is 149 Å². The van der Waals surface area contributed by atoms with Crippen LogP contribution in [-0.4, -0.2) is 71.4 Å². The van der Waals surface area contributed by atoms with Gasteiger partial charge in [0.2, 0.25) is 27.7 Å².